The van der Waals surface area contributed by atoms with Gasteiger partial charge in [-0.1, -0.05) is 11.6 Å². The minimum Gasteiger partial charge on any atom is -0.494 e. The number of fused-ring (bicyclic) bond motifs is 4. The first-order valence-electron chi connectivity index (χ1n) is 15.3. The van der Waals surface area contributed by atoms with Gasteiger partial charge in [0.2, 0.25) is 5.78 Å². The lowest BCUT2D eigenvalue weighted by Crippen LogP contribution is -2.22. The Labute approximate surface area is 281 Å². The van der Waals surface area contributed by atoms with Gasteiger partial charge in [0, 0.05) is 23.0 Å². The topological polar surface area (TPSA) is 144 Å². The van der Waals surface area contributed by atoms with Crippen LogP contribution in [-0.4, -0.2) is 51.5 Å². The van der Waals surface area contributed by atoms with E-state index in [1.165, 1.54) is 4.57 Å². The third kappa shape index (κ3) is 5.45. The van der Waals surface area contributed by atoms with Crippen LogP contribution in [-0.2, 0) is 17.9 Å². The summed E-state index contributed by atoms with van der Waals surface area (Å²) in [6.07, 6.45) is 6.49. The van der Waals surface area contributed by atoms with E-state index in [1.54, 1.807) is 94.6 Å². The Morgan fingerprint density at radius 2 is 1.86 bits per heavy atom. The number of rotatable bonds is 9. The Morgan fingerprint density at radius 3 is 2.63 bits per heavy atom. The Kier molecular flexibility index (Phi) is 7.57. The smallest absolute Gasteiger partial charge is 0.339 e. The fourth-order valence-electron chi connectivity index (χ4n) is 5.72. The predicted octanol–water partition coefficient (Wildman–Crippen LogP) is 5.89. The second-order valence-corrected chi connectivity index (χ2v) is 11.4. The zero-order valence-electron chi connectivity index (χ0n) is 25.9. The Balaban J connectivity index is 1.20. The molecule has 0 atom stereocenters. The summed E-state index contributed by atoms with van der Waals surface area (Å²) < 4.78 is 21.8. The summed E-state index contributed by atoms with van der Waals surface area (Å²) in [5, 5.41) is 14.5. The lowest BCUT2D eigenvalue weighted by Gasteiger charge is -2.13. The van der Waals surface area contributed by atoms with Crippen LogP contribution in [0, 0.1) is 0 Å². The van der Waals surface area contributed by atoms with Crippen LogP contribution in [0.2, 0.25) is 5.02 Å². The highest BCUT2D eigenvalue weighted by atomic mass is 35.5. The number of carbonyl (C=O) groups excluding carboxylic acids is 1. The van der Waals surface area contributed by atoms with Crippen LogP contribution < -0.4 is 10.3 Å². The minimum atomic E-state index is -0.631. The first-order chi connectivity index (χ1) is 24.0. The van der Waals surface area contributed by atoms with Gasteiger partial charge in [-0.2, -0.15) is 5.10 Å². The van der Waals surface area contributed by atoms with Crippen LogP contribution >= 0.6 is 11.6 Å². The SMILES string of the molecule is CCOc1ccc(-n2c(=O)c3ccc(Cl)cc3n3c(COC(=O)c4cc(-c5cccnc5)nc5c4cnn5Cc4ccco4)nnc23)cc1. The molecule has 6 heterocycles. The van der Waals surface area contributed by atoms with Gasteiger partial charge in [-0.3, -0.25) is 14.2 Å². The number of aromatic nitrogens is 8. The molecule has 0 N–H and O–H groups in total. The van der Waals surface area contributed by atoms with Crippen molar-refractivity contribution < 1.29 is 18.7 Å². The van der Waals surface area contributed by atoms with E-state index in [4.69, 9.17) is 30.5 Å². The quantitative estimate of drug-likeness (QED) is 0.170. The molecule has 8 rings (SSSR count). The third-order valence-corrected chi connectivity index (χ3v) is 8.19. The lowest BCUT2D eigenvalue weighted by atomic mass is 10.1. The molecule has 0 fully saturated rings. The molecule has 242 valence electrons. The number of esters is 1. The molecule has 0 saturated carbocycles. The molecule has 0 aliphatic heterocycles. The summed E-state index contributed by atoms with van der Waals surface area (Å²) in [7, 11) is 0. The summed E-state index contributed by atoms with van der Waals surface area (Å²) in [4.78, 5) is 36.7. The summed E-state index contributed by atoms with van der Waals surface area (Å²) in [6.45, 7) is 2.45. The summed E-state index contributed by atoms with van der Waals surface area (Å²) >= 11 is 6.38. The molecule has 0 saturated heterocycles. The molecule has 6 aromatic heterocycles. The number of hydrogen-bond donors (Lipinski definition) is 0. The second kappa shape index (κ2) is 12.4. The van der Waals surface area contributed by atoms with Gasteiger partial charge in [0.05, 0.1) is 52.3 Å². The monoisotopic (exact) mass is 672 g/mol. The maximum absolute atomic E-state index is 13.9. The molecule has 14 heteroatoms. The van der Waals surface area contributed by atoms with E-state index in [9.17, 15) is 9.59 Å². The van der Waals surface area contributed by atoms with Gasteiger partial charge < -0.3 is 13.9 Å². The van der Waals surface area contributed by atoms with Gasteiger partial charge in [0.1, 0.15) is 18.1 Å². The number of ether oxygens (including phenoxy) is 2. The van der Waals surface area contributed by atoms with Crippen LogP contribution in [0.1, 0.15) is 28.9 Å². The number of benzene rings is 2. The van der Waals surface area contributed by atoms with Gasteiger partial charge >= 0.3 is 5.97 Å². The van der Waals surface area contributed by atoms with E-state index in [2.05, 4.69) is 20.3 Å². The van der Waals surface area contributed by atoms with Gasteiger partial charge in [0.15, 0.2) is 18.1 Å². The molecule has 49 heavy (non-hydrogen) atoms. The van der Waals surface area contributed by atoms with Crippen molar-refractivity contribution in [1.29, 1.82) is 0 Å². The molecule has 0 aliphatic rings. The van der Waals surface area contributed by atoms with E-state index >= 15 is 0 Å². The Morgan fingerprint density at radius 1 is 0.980 bits per heavy atom. The van der Waals surface area contributed by atoms with Crippen molar-refractivity contribution in [3.63, 3.8) is 0 Å². The van der Waals surface area contributed by atoms with E-state index in [0.717, 1.165) is 0 Å². The zero-order chi connectivity index (χ0) is 33.5. The maximum atomic E-state index is 13.9. The summed E-state index contributed by atoms with van der Waals surface area (Å²) in [6, 6.07) is 21.0. The largest absolute Gasteiger partial charge is 0.494 e. The van der Waals surface area contributed by atoms with Crippen molar-refractivity contribution in [2.24, 2.45) is 0 Å². The molecule has 0 aliphatic carbocycles. The van der Waals surface area contributed by atoms with Crippen molar-refractivity contribution in [3.8, 4) is 22.7 Å². The van der Waals surface area contributed by atoms with Crippen LogP contribution in [0.3, 0.4) is 0 Å². The first-order valence-corrected chi connectivity index (χ1v) is 15.6. The molecular weight excluding hydrogens is 648 g/mol. The fourth-order valence-corrected chi connectivity index (χ4v) is 5.88. The highest BCUT2D eigenvalue weighted by Crippen LogP contribution is 2.27. The Bertz CT molecular complexity index is 2540. The van der Waals surface area contributed by atoms with Crippen LogP contribution in [0.5, 0.6) is 5.75 Å². The molecule has 0 spiro atoms. The van der Waals surface area contributed by atoms with Gasteiger partial charge in [-0.05, 0) is 79.7 Å². The average Bonchev–Trinajstić information content (AvgIpc) is 3.89. The predicted molar refractivity (Wildman–Crippen MR) is 180 cm³/mol. The number of carbonyl (C=O) groups is 1. The number of nitrogens with zero attached hydrogens (tertiary/aromatic N) is 8. The van der Waals surface area contributed by atoms with Crippen molar-refractivity contribution in [2.75, 3.05) is 6.61 Å². The zero-order valence-corrected chi connectivity index (χ0v) is 26.6. The number of halogens is 1. The maximum Gasteiger partial charge on any atom is 0.339 e. The van der Waals surface area contributed by atoms with Crippen molar-refractivity contribution >= 4 is 45.3 Å². The van der Waals surface area contributed by atoms with E-state index < -0.39 is 5.97 Å². The van der Waals surface area contributed by atoms with Crippen molar-refractivity contribution in [2.45, 2.75) is 20.1 Å². The fraction of sp³-hybridized carbons (Fsp3) is 0.114. The first kappa shape index (κ1) is 30.0. The highest BCUT2D eigenvalue weighted by molar-refractivity contribution is 6.31. The minimum absolute atomic E-state index is 0.222. The molecule has 0 unspecified atom stereocenters. The van der Waals surface area contributed by atoms with Crippen molar-refractivity contribution in [3.05, 3.63) is 130 Å². The molecular formula is C35H25ClN8O5. The standard InChI is InChI=1S/C35H25ClN8O5/c1-2-47-24-10-8-23(9-11-24)43-33(45)26-12-7-22(36)15-30(26)44-31(40-41-35(43)44)20-49-34(46)27-16-29(21-5-3-13-37-17-21)39-32-28(27)18-38-42(32)19-25-6-4-14-48-25/h3-18H,2,19-20H2,1H3. The lowest BCUT2D eigenvalue weighted by molar-refractivity contribution is 0.0463. The normalized spacial score (nSPS) is 11.5. The van der Waals surface area contributed by atoms with Crippen LogP contribution in [0.15, 0.2) is 107 Å². The molecule has 0 amide bonds. The molecule has 0 bridgehead atoms. The summed E-state index contributed by atoms with van der Waals surface area (Å²) in [5.41, 5.74) is 2.66. The van der Waals surface area contributed by atoms with Crippen LogP contribution in [0.4, 0.5) is 0 Å². The van der Waals surface area contributed by atoms with Crippen molar-refractivity contribution in [1.82, 2.24) is 38.9 Å². The number of pyridine rings is 2. The van der Waals surface area contributed by atoms with Gasteiger partial charge in [-0.25, -0.2) is 19.0 Å². The molecule has 13 nitrogen and oxygen atoms in total. The highest BCUT2D eigenvalue weighted by Gasteiger charge is 2.22. The Hall–Kier alpha value is -6.34. The average molecular weight is 673 g/mol. The molecule has 2 aromatic carbocycles. The third-order valence-electron chi connectivity index (χ3n) is 7.96. The molecule has 0 radical (unpaired) electrons. The molecule has 8 aromatic rings. The van der Waals surface area contributed by atoms with Crippen LogP contribution in [0.25, 0.3) is 44.7 Å². The van der Waals surface area contributed by atoms with Gasteiger partial charge in [-0.15, -0.1) is 10.2 Å². The van der Waals surface area contributed by atoms with E-state index in [1.807, 2.05) is 19.1 Å². The van der Waals surface area contributed by atoms with Gasteiger partial charge in [0.25, 0.3) is 5.56 Å². The van der Waals surface area contributed by atoms with E-state index in [-0.39, 0.29) is 29.3 Å². The van der Waals surface area contributed by atoms with E-state index in [0.29, 0.717) is 68.6 Å². The number of furan rings is 1. The number of hydrogen-bond acceptors (Lipinski definition) is 10. The summed E-state index contributed by atoms with van der Waals surface area (Å²) in [5.74, 6) is 1.22. The second-order valence-electron chi connectivity index (χ2n) is 11.0.